The van der Waals surface area contributed by atoms with E-state index in [1.165, 1.54) is 12.1 Å². The van der Waals surface area contributed by atoms with E-state index < -0.39 is 34.9 Å². The van der Waals surface area contributed by atoms with Gasteiger partial charge in [0.2, 0.25) is 5.75 Å². The fraction of sp³-hybridized carbons (Fsp3) is 0.0667. The molecule has 0 aliphatic carbocycles. The van der Waals surface area contributed by atoms with Crippen LogP contribution in [0.1, 0.15) is 21.5 Å². The van der Waals surface area contributed by atoms with Crippen molar-refractivity contribution in [1.29, 1.82) is 0 Å². The zero-order chi connectivity index (χ0) is 17.9. The number of benzene rings is 2. The van der Waals surface area contributed by atoms with Crippen LogP contribution < -0.4 is 5.43 Å². The van der Waals surface area contributed by atoms with E-state index in [1.807, 2.05) is 5.43 Å². The minimum atomic E-state index is -4.57. The largest absolute Gasteiger partial charge is 0.504 e. The zero-order valence-corrected chi connectivity index (χ0v) is 11.9. The van der Waals surface area contributed by atoms with Gasteiger partial charge in [0.05, 0.1) is 11.8 Å². The Morgan fingerprint density at radius 1 is 1.08 bits per heavy atom. The molecule has 0 spiro atoms. The number of amides is 1. The quantitative estimate of drug-likeness (QED) is 0.392. The highest BCUT2D eigenvalue weighted by Crippen LogP contribution is 2.36. The van der Waals surface area contributed by atoms with Crippen molar-refractivity contribution in [3.8, 4) is 17.2 Å². The molecule has 0 atom stereocenters. The fourth-order valence-electron chi connectivity index (χ4n) is 1.75. The first-order valence-electron chi connectivity index (χ1n) is 6.44. The lowest BCUT2D eigenvalue weighted by Gasteiger charge is -2.07. The van der Waals surface area contributed by atoms with Crippen LogP contribution in [0.15, 0.2) is 41.5 Å². The van der Waals surface area contributed by atoms with E-state index in [-0.39, 0.29) is 11.1 Å². The van der Waals surface area contributed by atoms with E-state index in [4.69, 9.17) is 5.11 Å². The standard InChI is InChI=1S/C15H11F3N2O4/c16-15(17,18)10-3-1-2-8(6-10)14(24)20-19-7-9-4-5-11(21)13(23)12(9)22/h1-7,21-23H,(H,20,24)/b19-7-. The molecule has 0 unspecified atom stereocenters. The first-order chi connectivity index (χ1) is 11.2. The summed E-state index contributed by atoms with van der Waals surface area (Å²) in [5.41, 5.74) is 0.754. The Hall–Kier alpha value is -3.23. The highest BCUT2D eigenvalue weighted by Gasteiger charge is 2.30. The van der Waals surface area contributed by atoms with E-state index in [2.05, 4.69) is 5.10 Å². The van der Waals surface area contributed by atoms with Gasteiger partial charge in [-0.25, -0.2) is 5.43 Å². The number of nitrogens with one attached hydrogen (secondary N) is 1. The van der Waals surface area contributed by atoms with Gasteiger partial charge in [0.1, 0.15) is 0 Å². The Kier molecular flexibility index (Phi) is 4.63. The third-order valence-electron chi connectivity index (χ3n) is 2.98. The lowest BCUT2D eigenvalue weighted by molar-refractivity contribution is -0.137. The molecule has 0 aliphatic rings. The van der Waals surface area contributed by atoms with Crippen molar-refractivity contribution in [2.45, 2.75) is 6.18 Å². The van der Waals surface area contributed by atoms with Crippen molar-refractivity contribution >= 4 is 12.1 Å². The number of phenols is 3. The Labute approximate surface area is 133 Å². The molecule has 0 heterocycles. The molecule has 0 fully saturated rings. The molecule has 2 rings (SSSR count). The Morgan fingerprint density at radius 2 is 1.79 bits per heavy atom. The molecular formula is C15H11F3N2O4. The molecular weight excluding hydrogens is 329 g/mol. The molecule has 1 amide bonds. The lowest BCUT2D eigenvalue weighted by atomic mass is 10.1. The second kappa shape index (κ2) is 6.49. The lowest BCUT2D eigenvalue weighted by Crippen LogP contribution is -2.18. The third kappa shape index (κ3) is 3.75. The van der Waals surface area contributed by atoms with Crippen molar-refractivity contribution < 1.29 is 33.3 Å². The van der Waals surface area contributed by atoms with Crippen molar-refractivity contribution in [2.75, 3.05) is 0 Å². The van der Waals surface area contributed by atoms with Gasteiger partial charge in [-0.1, -0.05) is 6.07 Å². The average Bonchev–Trinajstić information content (AvgIpc) is 2.54. The third-order valence-corrected chi connectivity index (χ3v) is 2.98. The maximum absolute atomic E-state index is 12.6. The number of alkyl halides is 3. The number of carbonyl (C=O) groups is 1. The molecule has 0 aromatic heterocycles. The number of halogens is 3. The summed E-state index contributed by atoms with van der Waals surface area (Å²) in [4.78, 5) is 11.8. The van der Waals surface area contributed by atoms with Gasteiger partial charge in [0.25, 0.3) is 5.91 Å². The smallest absolute Gasteiger partial charge is 0.416 e. The van der Waals surface area contributed by atoms with E-state index in [1.54, 1.807) is 0 Å². The topological polar surface area (TPSA) is 102 Å². The van der Waals surface area contributed by atoms with E-state index in [9.17, 15) is 28.2 Å². The van der Waals surface area contributed by atoms with Crippen LogP contribution in [-0.4, -0.2) is 27.4 Å². The second-order valence-electron chi connectivity index (χ2n) is 4.65. The minimum absolute atomic E-state index is 0.0188. The summed E-state index contributed by atoms with van der Waals surface area (Å²) in [6.07, 6.45) is -3.62. The van der Waals surface area contributed by atoms with Gasteiger partial charge in [-0.05, 0) is 30.3 Å². The molecule has 4 N–H and O–H groups in total. The number of nitrogens with zero attached hydrogens (tertiary/aromatic N) is 1. The van der Waals surface area contributed by atoms with Crippen molar-refractivity contribution in [3.63, 3.8) is 0 Å². The molecule has 2 aromatic carbocycles. The van der Waals surface area contributed by atoms with Gasteiger partial charge in [-0.3, -0.25) is 4.79 Å². The predicted octanol–water partition coefficient (Wildman–Crippen LogP) is 2.59. The Balaban J connectivity index is 2.13. The molecule has 0 saturated carbocycles. The van der Waals surface area contributed by atoms with Gasteiger partial charge >= 0.3 is 6.18 Å². The van der Waals surface area contributed by atoms with Crippen LogP contribution in [0.5, 0.6) is 17.2 Å². The second-order valence-corrected chi connectivity index (χ2v) is 4.65. The first kappa shape index (κ1) is 17.1. The Bertz CT molecular complexity index is 804. The summed E-state index contributed by atoms with van der Waals surface area (Å²) >= 11 is 0. The SMILES string of the molecule is O=C(N/N=C\c1ccc(O)c(O)c1O)c1cccc(C(F)(F)F)c1. The summed E-state index contributed by atoms with van der Waals surface area (Å²) in [6, 6.07) is 6.08. The molecule has 9 heteroatoms. The summed E-state index contributed by atoms with van der Waals surface area (Å²) in [5, 5.41) is 31.5. The van der Waals surface area contributed by atoms with Gasteiger partial charge in [-0.15, -0.1) is 0 Å². The summed E-state index contributed by atoms with van der Waals surface area (Å²) < 4.78 is 37.8. The highest BCUT2D eigenvalue weighted by molar-refractivity contribution is 5.95. The van der Waals surface area contributed by atoms with Crippen LogP contribution in [0.2, 0.25) is 0 Å². The van der Waals surface area contributed by atoms with Crippen LogP contribution in [0.3, 0.4) is 0 Å². The number of aromatic hydroxyl groups is 3. The maximum atomic E-state index is 12.6. The van der Waals surface area contributed by atoms with Gasteiger partial charge in [-0.2, -0.15) is 18.3 Å². The van der Waals surface area contributed by atoms with Gasteiger partial charge < -0.3 is 15.3 Å². The number of carbonyl (C=O) groups excluding carboxylic acids is 1. The van der Waals surface area contributed by atoms with E-state index >= 15 is 0 Å². The normalized spacial score (nSPS) is 11.6. The van der Waals surface area contributed by atoms with E-state index in [0.717, 1.165) is 24.4 Å². The number of phenolic OH excluding ortho intramolecular Hbond substituents is 3. The van der Waals surface area contributed by atoms with Crippen LogP contribution in [-0.2, 0) is 6.18 Å². The van der Waals surface area contributed by atoms with E-state index in [0.29, 0.717) is 6.07 Å². The van der Waals surface area contributed by atoms with Crippen molar-refractivity contribution in [3.05, 3.63) is 53.1 Å². The van der Waals surface area contributed by atoms with Crippen LogP contribution in [0, 0.1) is 0 Å². The zero-order valence-electron chi connectivity index (χ0n) is 11.9. The molecule has 6 nitrogen and oxygen atoms in total. The van der Waals surface area contributed by atoms with Crippen molar-refractivity contribution in [1.82, 2.24) is 5.43 Å². The summed E-state index contributed by atoms with van der Waals surface area (Å²) in [6.45, 7) is 0. The van der Waals surface area contributed by atoms with Crippen LogP contribution in [0.4, 0.5) is 13.2 Å². The van der Waals surface area contributed by atoms with Gasteiger partial charge in [0, 0.05) is 11.1 Å². The molecule has 0 aliphatic heterocycles. The molecule has 0 radical (unpaired) electrons. The van der Waals surface area contributed by atoms with Crippen LogP contribution >= 0.6 is 0 Å². The summed E-state index contributed by atoms with van der Waals surface area (Å²) in [5.74, 6) is -2.85. The minimum Gasteiger partial charge on any atom is -0.504 e. The first-order valence-corrected chi connectivity index (χ1v) is 6.44. The number of rotatable bonds is 3. The van der Waals surface area contributed by atoms with Crippen LogP contribution in [0.25, 0.3) is 0 Å². The Morgan fingerprint density at radius 3 is 2.46 bits per heavy atom. The van der Waals surface area contributed by atoms with Crippen molar-refractivity contribution in [2.24, 2.45) is 5.10 Å². The molecule has 126 valence electrons. The monoisotopic (exact) mass is 340 g/mol. The molecule has 0 saturated heterocycles. The average molecular weight is 340 g/mol. The molecule has 2 aromatic rings. The highest BCUT2D eigenvalue weighted by atomic mass is 19.4. The molecule has 0 bridgehead atoms. The van der Waals surface area contributed by atoms with Gasteiger partial charge in [0.15, 0.2) is 11.5 Å². The number of hydrogen-bond donors (Lipinski definition) is 4. The summed E-state index contributed by atoms with van der Waals surface area (Å²) in [7, 11) is 0. The molecule has 24 heavy (non-hydrogen) atoms. The number of hydrogen-bond acceptors (Lipinski definition) is 5. The fourth-order valence-corrected chi connectivity index (χ4v) is 1.75. The number of hydrazone groups is 1. The maximum Gasteiger partial charge on any atom is 0.416 e. The predicted molar refractivity (Wildman–Crippen MR) is 77.9 cm³/mol.